The molecule has 0 fully saturated rings. The van der Waals surface area contributed by atoms with E-state index in [-0.39, 0.29) is 5.82 Å². The highest BCUT2D eigenvalue weighted by Crippen LogP contribution is 2.13. The third-order valence-corrected chi connectivity index (χ3v) is 2.09. The number of anilines is 1. The van der Waals surface area contributed by atoms with Crippen LogP contribution in [-0.4, -0.2) is 13.4 Å². The van der Waals surface area contributed by atoms with E-state index < -0.39 is 20.7 Å². The van der Waals surface area contributed by atoms with Gasteiger partial charge in [0.05, 0.1) is 6.20 Å². The number of aromatic nitrogens is 1. The highest BCUT2D eigenvalue weighted by Gasteiger charge is 2.13. The second-order valence-corrected chi connectivity index (χ2v) is 3.61. The summed E-state index contributed by atoms with van der Waals surface area (Å²) < 4.78 is 33.8. The number of nitrogen functional groups attached to an aromatic ring is 1. The predicted octanol–water partition coefficient (Wildman–Crippen LogP) is -0.550. The number of nitrogens with zero attached hydrogens (tertiary/aromatic N) is 1. The van der Waals surface area contributed by atoms with Crippen LogP contribution in [0.15, 0.2) is 17.2 Å². The second kappa shape index (κ2) is 2.68. The Hall–Kier alpha value is -1.21. The summed E-state index contributed by atoms with van der Waals surface area (Å²) in [6.07, 6.45) is 0.810. The Morgan fingerprint density at radius 1 is 1.50 bits per heavy atom. The van der Waals surface area contributed by atoms with Crippen molar-refractivity contribution in [1.82, 2.24) is 4.98 Å². The quantitative estimate of drug-likeness (QED) is 0.622. The summed E-state index contributed by atoms with van der Waals surface area (Å²) in [6.45, 7) is 0. The fraction of sp³-hybridized carbons (Fsp3) is 0. The molecule has 0 saturated carbocycles. The summed E-state index contributed by atoms with van der Waals surface area (Å²) in [6, 6.07) is 0.720. The van der Waals surface area contributed by atoms with Crippen molar-refractivity contribution in [2.24, 2.45) is 5.14 Å². The zero-order chi connectivity index (χ0) is 9.35. The molecule has 1 aromatic rings. The average molecular weight is 191 g/mol. The van der Waals surface area contributed by atoms with Crippen LogP contribution in [0, 0.1) is 5.82 Å². The molecule has 1 heterocycles. The summed E-state index contributed by atoms with van der Waals surface area (Å²) in [5.74, 6) is -1.10. The summed E-state index contributed by atoms with van der Waals surface area (Å²) >= 11 is 0. The van der Waals surface area contributed by atoms with Crippen molar-refractivity contribution in [1.29, 1.82) is 0 Å². The zero-order valence-electron chi connectivity index (χ0n) is 5.86. The molecule has 5 nitrogen and oxygen atoms in total. The number of pyridine rings is 1. The monoisotopic (exact) mass is 191 g/mol. The van der Waals surface area contributed by atoms with E-state index in [2.05, 4.69) is 4.98 Å². The molecule has 0 bridgehead atoms. The Bertz CT molecular complexity index is 403. The number of hydrogen-bond donors (Lipinski definition) is 2. The Morgan fingerprint density at radius 3 is 2.50 bits per heavy atom. The third-order valence-electron chi connectivity index (χ3n) is 1.15. The van der Waals surface area contributed by atoms with Gasteiger partial charge in [-0.25, -0.2) is 22.9 Å². The van der Waals surface area contributed by atoms with Crippen LogP contribution in [-0.2, 0) is 10.0 Å². The van der Waals surface area contributed by atoms with E-state index in [0.717, 1.165) is 12.3 Å². The lowest BCUT2D eigenvalue weighted by Crippen LogP contribution is -2.15. The van der Waals surface area contributed by atoms with E-state index in [1.807, 2.05) is 0 Å². The summed E-state index contributed by atoms with van der Waals surface area (Å²) in [5.41, 5.74) is 5.14. The largest absolute Gasteiger partial charge is 0.383 e. The maximum atomic E-state index is 12.4. The fourth-order valence-corrected chi connectivity index (χ4v) is 1.28. The number of primary sulfonamides is 1. The lowest BCUT2D eigenvalue weighted by molar-refractivity contribution is 0.590. The van der Waals surface area contributed by atoms with E-state index in [1.54, 1.807) is 0 Å². The number of sulfonamides is 1. The van der Waals surface area contributed by atoms with Gasteiger partial charge in [0, 0.05) is 0 Å². The van der Waals surface area contributed by atoms with Gasteiger partial charge in [-0.15, -0.1) is 0 Å². The van der Waals surface area contributed by atoms with Crippen molar-refractivity contribution in [3.63, 3.8) is 0 Å². The van der Waals surface area contributed by atoms with Gasteiger partial charge in [-0.2, -0.15) is 0 Å². The molecule has 0 amide bonds. The normalized spacial score (nSPS) is 11.5. The van der Waals surface area contributed by atoms with Crippen LogP contribution < -0.4 is 10.9 Å². The van der Waals surface area contributed by atoms with Crippen LogP contribution in [0.1, 0.15) is 0 Å². The first-order chi connectivity index (χ1) is 5.41. The Balaban J connectivity index is 3.43. The molecule has 12 heavy (non-hydrogen) atoms. The second-order valence-electron chi connectivity index (χ2n) is 2.08. The molecular formula is C5H6FN3O2S. The van der Waals surface area contributed by atoms with Crippen LogP contribution in [0.25, 0.3) is 0 Å². The van der Waals surface area contributed by atoms with E-state index >= 15 is 0 Å². The fourth-order valence-electron chi connectivity index (χ4n) is 0.659. The van der Waals surface area contributed by atoms with Crippen LogP contribution in [0.3, 0.4) is 0 Å². The first-order valence-electron chi connectivity index (χ1n) is 2.85. The summed E-state index contributed by atoms with van der Waals surface area (Å²) in [4.78, 5) is 2.79. The minimum absolute atomic E-state index is 0.307. The van der Waals surface area contributed by atoms with Gasteiger partial charge in [-0.1, -0.05) is 0 Å². The first kappa shape index (κ1) is 8.88. The molecular weight excluding hydrogens is 185 g/mol. The van der Waals surface area contributed by atoms with Crippen LogP contribution >= 0.6 is 0 Å². The van der Waals surface area contributed by atoms with Crippen molar-refractivity contribution in [3.05, 3.63) is 18.1 Å². The minimum Gasteiger partial charge on any atom is -0.383 e. The van der Waals surface area contributed by atoms with E-state index in [0.29, 0.717) is 0 Å². The van der Waals surface area contributed by atoms with Crippen LogP contribution in [0.2, 0.25) is 0 Å². The highest BCUT2D eigenvalue weighted by atomic mass is 32.2. The van der Waals surface area contributed by atoms with Gasteiger partial charge < -0.3 is 5.73 Å². The Labute approximate surface area is 68.3 Å². The summed E-state index contributed by atoms with van der Waals surface area (Å²) in [5, 5.41) is 4.71. The van der Waals surface area contributed by atoms with E-state index in [9.17, 15) is 12.8 Å². The number of rotatable bonds is 1. The van der Waals surface area contributed by atoms with E-state index in [1.165, 1.54) is 0 Å². The van der Waals surface area contributed by atoms with Gasteiger partial charge >= 0.3 is 0 Å². The molecule has 0 radical (unpaired) electrons. The molecule has 0 saturated heterocycles. The topological polar surface area (TPSA) is 99.1 Å². The number of nitrogens with two attached hydrogens (primary N) is 2. The van der Waals surface area contributed by atoms with Crippen molar-refractivity contribution < 1.29 is 12.8 Å². The maximum Gasteiger partial charge on any atom is 0.241 e. The van der Waals surface area contributed by atoms with Gasteiger partial charge in [-0.05, 0) is 6.07 Å². The van der Waals surface area contributed by atoms with Gasteiger partial charge in [0.1, 0.15) is 16.5 Å². The van der Waals surface area contributed by atoms with Gasteiger partial charge in [0.15, 0.2) is 0 Å². The summed E-state index contributed by atoms with van der Waals surface area (Å²) in [7, 11) is -3.98. The van der Waals surface area contributed by atoms with Crippen molar-refractivity contribution in [2.75, 3.05) is 5.73 Å². The Morgan fingerprint density at radius 2 is 2.08 bits per heavy atom. The lowest BCUT2D eigenvalue weighted by Gasteiger charge is -2.00. The Kier molecular flexibility index (Phi) is 1.99. The first-order valence-corrected chi connectivity index (χ1v) is 4.39. The standard InChI is InChI=1S/C5H6FN3O2S/c6-3-1-4(12(8,10)11)5(7)9-2-3/h1-2H,(H2,7,9)(H2,8,10,11). The molecule has 0 aliphatic carbocycles. The van der Waals surface area contributed by atoms with Crippen molar-refractivity contribution >= 4 is 15.8 Å². The molecule has 1 aromatic heterocycles. The molecule has 0 aromatic carbocycles. The predicted molar refractivity (Wildman–Crippen MR) is 40.0 cm³/mol. The maximum absolute atomic E-state index is 12.4. The van der Waals surface area contributed by atoms with Gasteiger partial charge in [-0.3, -0.25) is 0 Å². The molecule has 0 aliphatic heterocycles. The third kappa shape index (κ3) is 1.69. The van der Waals surface area contributed by atoms with Crippen molar-refractivity contribution in [3.8, 4) is 0 Å². The lowest BCUT2D eigenvalue weighted by atomic mass is 10.4. The molecule has 7 heteroatoms. The number of hydrogen-bond acceptors (Lipinski definition) is 4. The number of halogens is 1. The molecule has 0 spiro atoms. The van der Waals surface area contributed by atoms with Crippen LogP contribution in [0.5, 0.6) is 0 Å². The minimum atomic E-state index is -3.98. The molecule has 66 valence electrons. The SMILES string of the molecule is Nc1ncc(F)cc1S(N)(=O)=O. The van der Waals surface area contributed by atoms with Crippen molar-refractivity contribution in [2.45, 2.75) is 4.90 Å². The smallest absolute Gasteiger partial charge is 0.241 e. The van der Waals surface area contributed by atoms with Gasteiger partial charge in [0.2, 0.25) is 10.0 Å². The molecule has 4 N–H and O–H groups in total. The molecule has 1 rings (SSSR count). The molecule has 0 atom stereocenters. The highest BCUT2D eigenvalue weighted by molar-refractivity contribution is 7.89. The average Bonchev–Trinajstić information content (AvgIpc) is 1.92. The molecule has 0 aliphatic rings. The molecule has 0 unspecified atom stereocenters. The van der Waals surface area contributed by atoms with Gasteiger partial charge in [0.25, 0.3) is 0 Å². The van der Waals surface area contributed by atoms with E-state index in [4.69, 9.17) is 10.9 Å². The zero-order valence-corrected chi connectivity index (χ0v) is 6.68. The van der Waals surface area contributed by atoms with Crippen LogP contribution in [0.4, 0.5) is 10.2 Å².